The molecule has 3 atom stereocenters. The van der Waals surface area contributed by atoms with Crippen LogP contribution in [0, 0.1) is 23.6 Å². The van der Waals surface area contributed by atoms with Crippen LogP contribution in [0.2, 0.25) is 0 Å². The molecular formula is C28H29FNO3+. The third kappa shape index (κ3) is 4.19. The maximum Gasteiger partial charge on any atom is 0.347 e. The van der Waals surface area contributed by atoms with Crippen molar-refractivity contribution in [1.82, 2.24) is 0 Å². The van der Waals surface area contributed by atoms with Crippen LogP contribution < -0.4 is 0 Å². The molecule has 5 rings (SSSR count). The Hall–Kier alpha value is -3.02. The lowest BCUT2D eigenvalue weighted by Gasteiger charge is -2.32. The van der Waals surface area contributed by atoms with E-state index >= 15 is 0 Å². The lowest BCUT2D eigenvalue weighted by molar-refractivity contribution is -0.916. The summed E-state index contributed by atoms with van der Waals surface area (Å²) in [6.45, 7) is 3.46. The summed E-state index contributed by atoms with van der Waals surface area (Å²) in [6, 6.07) is 24.6. The molecule has 33 heavy (non-hydrogen) atoms. The maximum atomic E-state index is 13.5. The summed E-state index contributed by atoms with van der Waals surface area (Å²) >= 11 is 0. The Morgan fingerprint density at radius 3 is 2.09 bits per heavy atom. The van der Waals surface area contributed by atoms with Crippen LogP contribution >= 0.6 is 0 Å². The van der Waals surface area contributed by atoms with Crippen molar-refractivity contribution in [3.63, 3.8) is 0 Å². The molecule has 1 aliphatic heterocycles. The first-order chi connectivity index (χ1) is 15.9. The predicted octanol–water partition coefficient (Wildman–Crippen LogP) is 4.13. The van der Waals surface area contributed by atoms with Crippen LogP contribution in [-0.2, 0) is 21.7 Å². The molecular weight excluding hydrogens is 417 g/mol. The highest BCUT2D eigenvalue weighted by Gasteiger charge is 2.62. The number of halogens is 1. The van der Waals surface area contributed by atoms with Crippen LogP contribution in [0.3, 0.4) is 0 Å². The normalized spacial score (nSPS) is 27.4. The second-order valence-electron chi connectivity index (χ2n) is 9.80. The summed E-state index contributed by atoms with van der Waals surface area (Å²) in [7, 11) is 2.30. The van der Waals surface area contributed by atoms with E-state index in [2.05, 4.69) is 31.3 Å². The Balaban J connectivity index is 1.24. The molecule has 5 heteroatoms. The molecule has 1 aliphatic carbocycles. The number of quaternary nitrogens is 1. The lowest BCUT2D eigenvalue weighted by atomic mass is 9.86. The monoisotopic (exact) mass is 446 g/mol. The standard InChI is InChI=1S/C28H29FNO3/c1-30(16-20-8-4-2-5-9-20)17-24-25(18-30)26(24)19-33-27(31)28(32,21-10-6-3-7-11-21)22-12-14-23(29)15-13-22/h2-15,24-26,32H,16-19H2,1H3/q+1. The highest BCUT2D eigenvalue weighted by atomic mass is 19.1. The molecule has 1 heterocycles. The van der Waals surface area contributed by atoms with E-state index in [0.29, 0.717) is 35.5 Å². The summed E-state index contributed by atoms with van der Waals surface area (Å²) in [4.78, 5) is 13.2. The molecule has 0 amide bonds. The van der Waals surface area contributed by atoms with E-state index in [4.69, 9.17) is 4.74 Å². The SMILES string of the molecule is C[N+]1(Cc2ccccc2)CC2C(COC(=O)C(O)(c3ccccc3)c3ccc(F)cc3)C2C1. The van der Waals surface area contributed by atoms with Crippen LogP contribution in [0.1, 0.15) is 16.7 Å². The molecule has 2 fully saturated rings. The third-order valence-corrected chi connectivity index (χ3v) is 7.38. The number of benzene rings is 3. The van der Waals surface area contributed by atoms with E-state index in [1.165, 1.54) is 29.8 Å². The van der Waals surface area contributed by atoms with Gasteiger partial charge in [-0.1, -0.05) is 72.8 Å². The predicted molar refractivity (Wildman–Crippen MR) is 123 cm³/mol. The number of hydrogen-bond donors (Lipinski definition) is 1. The largest absolute Gasteiger partial charge is 0.463 e. The minimum absolute atomic E-state index is 0.295. The van der Waals surface area contributed by atoms with Crippen molar-refractivity contribution in [3.05, 3.63) is 107 Å². The van der Waals surface area contributed by atoms with Gasteiger partial charge in [-0.2, -0.15) is 0 Å². The second-order valence-corrected chi connectivity index (χ2v) is 9.80. The first-order valence-corrected chi connectivity index (χ1v) is 11.5. The third-order valence-electron chi connectivity index (χ3n) is 7.38. The zero-order chi connectivity index (χ0) is 23.1. The zero-order valence-electron chi connectivity index (χ0n) is 18.7. The molecule has 1 saturated heterocycles. The molecule has 2 aliphatic rings. The van der Waals surface area contributed by atoms with E-state index in [1.807, 2.05) is 12.1 Å². The van der Waals surface area contributed by atoms with Gasteiger partial charge in [0.05, 0.1) is 26.7 Å². The number of esters is 1. The smallest absolute Gasteiger partial charge is 0.347 e. The van der Waals surface area contributed by atoms with Crippen LogP contribution in [0.15, 0.2) is 84.9 Å². The topological polar surface area (TPSA) is 46.5 Å². The Labute approximate surface area is 193 Å². The van der Waals surface area contributed by atoms with Crippen LogP contribution in [-0.4, -0.2) is 42.3 Å². The molecule has 0 radical (unpaired) electrons. The molecule has 0 spiro atoms. The van der Waals surface area contributed by atoms with Crippen molar-refractivity contribution in [1.29, 1.82) is 0 Å². The van der Waals surface area contributed by atoms with Gasteiger partial charge in [-0.3, -0.25) is 0 Å². The number of ether oxygens (including phenoxy) is 1. The zero-order valence-corrected chi connectivity index (χ0v) is 18.7. The van der Waals surface area contributed by atoms with Crippen LogP contribution in [0.25, 0.3) is 0 Å². The Morgan fingerprint density at radius 2 is 1.48 bits per heavy atom. The van der Waals surface area contributed by atoms with Crippen molar-refractivity contribution in [2.75, 3.05) is 26.7 Å². The van der Waals surface area contributed by atoms with Gasteiger partial charge in [0.15, 0.2) is 0 Å². The molecule has 170 valence electrons. The summed E-state index contributed by atoms with van der Waals surface area (Å²) in [5.41, 5.74) is 0.0704. The van der Waals surface area contributed by atoms with Gasteiger partial charge >= 0.3 is 5.97 Å². The summed E-state index contributed by atoms with van der Waals surface area (Å²) in [5.74, 6) is 0.283. The van der Waals surface area contributed by atoms with E-state index in [-0.39, 0.29) is 0 Å². The van der Waals surface area contributed by atoms with Gasteiger partial charge in [-0.15, -0.1) is 0 Å². The molecule has 0 bridgehead atoms. The van der Waals surface area contributed by atoms with Crippen molar-refractivity contribution in [2.45, 2.75) is 12.1 Å². The second kappa shape index (κ2) is 8.40. The summed E-state index contributed by atoms with van der Waals surface area (Å²) in [5, 5.41) is 11.5. The number of fused-ring (bicyclic) bond motifs is 1. The highest BCUT2D eigenvalue weighted by Crippen LogP contribution is 2.54. The van der Waals surface area contributed by atoms with E-state index in [1.54, 1.807) is 24.3 Å². The number of nitrogens with zero attached hydrogens (tertiary/aromatic N) is 1. The van der Waals surface area contributed by atoms with Gasteiger partial charge in [0.1, 0.15) is 12.4 Å². The maximum absolute atomic E-state index is 13.5. The fourth-order valence-electron chi connectivity index (χ4n) is 5.61. The average molecular weight is 447 g/mol. The molecule has 4 nitrogen and oxygen atoms in total. The molecule has 1 saturated carbocycles. The fraction of sp³-hybridized carbons (Fsp3) is 0.321. The Kier molecular flexibility index (Phi) is 5.55. The van der Waals surface area contributed by atoms with E-state index < -0.39 is 17.4 Å². The lowest BCUT2D eigenvalue weighted by Crippen LogP contribution is -2.44. The molecule has 0 aromatic heterocycles. The van der Waals surface area contributed by atoms with Gasteiger partial charge in [-0.25, -0.2) is 9.18 Å². The highest BCUT2D eigenvalue weighted by molar-refractivity contribution is 5.85. The molecule has 3 unspecified atom stereocenters. The van der Waals surface area contributed by atoms with Gasteiger partial charge < -0.3 is 14.3 Å². The van der Waals surface area contributed by atoms with Crippen molar-refractivity contribution >= 4 is 5.97 Å². The minimum Gasteiger partial charge on any atom is -0.463 e. The van der Waals surface area contributed by atoms with Gasteiger partial charge in [0, 0.05) is 23.3 Å². The van der Waals surface area contributed by atoms with Crippen molar-refractivity contribution in [2.24, 2.45) is 17.8 Å². The Morgan fingerprint density at radius 1 is 0.939 bits per heavy atom. The molecule has 1 N–H and O–H groups in total. The molecule has 3 aromatic rings. The number of rotatable bonds is 7. The number of piperidine rings is 1. The number of likely N-dealkylation sites (tertiary alicyclic amines) is 1. The van der Waals surface area contributed by atoms with Gasteiger partial charge in [-0.05, 0) is 23.3 Å². The number of carbonyl (C=O) groups is 1. The minimum atomic E-state index is -1.98. The number of hydrogen-bond acceptors (Lipinski definition) is 3. The number of aliphatic hydroxyl groups is 1. The van der Waals surface area contributed by atoms with E-state index in [0.717, 1.165) is 24.1 Å². The van der Waals surface area contributed by atoms with Crippen LogP contribution in [0.4, 0.5) is 4.39 Å². The van der Waals surface area contributed by atoms with Gasteiger partial charge in [0.2, 0.25) is 5.60 Å². The summed E-state index contributed by atoms with van der Waals surface area (Å²) in [6.07, 6.45) is 0. The first kappa shape index (κ1) is 21.8. The average Bonchev–Trinajstić information content (AvgIpc) is 3.32. The molecule has 3 aromatic carbocycles. The van der Waals surface area contributed by atoms with Crippen molar-refractivity contribution in [3.8, 4) is 0 Å². The van der Waals surface area contributed by atoms with Crippen LogP contribution in [0.5, 0.6) is 0 Å². The van der Waals surface area contributed by atoms with E-state index in [9.17, 15) is 14.3 Å². The first-order valence-electron chi connectivity index (χ1n) is 11.5. The van der Waals surface area contributed by atoms with Gasteiger partial charge in [0.25, 0.3) is 0 Å². The summed E-state index contributed by atoms with van der Waals surface area (Å²) < 4.78 is 20.2. The van der Waals surface area contributed by atoms with Crippen molar-refractivity contribution < 1.29 is 23.5 Å². The fourth-order valence-corrected chi connectivity index (χ4v) is 5.61. The number of carbonyl (C=O) groups excluding carboxylic acids is 1. The quantitative estimate of drug-likeness (QED) is 0.439. The Bertz CT molecular complexity index is 1110.